The van der Waals surface area contributed by atoms with Gasteiger partial charge in [-0.3, -0.25) is 19.4 Å². The molecule has 0 radical (unpaired) electrons. The van der Waals surface area contributed by atoms with Gasteiger partial charge in [-0.1, -0.05) is 49.6 Å². The van der Waals surface area contributed by atoms with Gasteiger partial charge in [-0.15, -0.1) is 11.3 Å². The smallest absolute Gasteiger partial charge is 0.410 e. The van der Waals surface area contributed by atoms with Crippen LogP contribution in [-0.4, -0.2) is 46.4 Å². The minimum absolute atomic E-state index is 0.0984. The molecule has 0 bridgehead atoms. The van der Waals surface area contributed by atoms with Crippen molar-refractivity contribution in [2.24, 2.45) is 0 Å². The van der Waals surface area contributed by atoms with Gasteiger partial charge in [0.2, 0.25) is 0 Å². The Morgan fingerprint density at radius 1 is 0.974 bits per heavy atom. The molecule has 1 atom stereocenters. The van der Waals surface area contributed by atoms with Crippen molar-refractivity contribution in [2.75, 3.05) is 11.4 Å². The van der Waals surface area contributed by atoms with E-state index in [1.54, 1.807) is 35.4 Å². The lowest BCUT2D eigenvalue weighted by Gasteiger charge is -2.28. The molecule has 1 aliphatic heterocycles. The molecule has 1 saturated heterocycles. The monoisotopic (exact) mass is 532 g/mol. The summed E-state index contributed by atoms with van der Waals surface area (Å²) in [5.41, 5.74) is 2.04. The third kappa shape index (κ3) is 6.05. The van der Waals surface area contributed by atoms with Crippen molar-refractivity contribution in [3.63, 3.8) is 0 Å². The average Bonchev–Trinajstić information content (AvgIpc) is 3.66. The van der Waals surface area contributed by atoms with Gasteiger partial charge in [0.15, 0.2) is 5.13 Å². The standard InChI is InChI=1S/C29H32N4O4S/c34-26(31-23-10-5-2-6-11-23)22-13-15-24(16-14-22)33(28-30-17-19-38-28)27(35)25-12-7-18-32(25)29(36)37-20-21-8-3-1-4-9-21/h1,3-4,8-9,13-17,19,23,25H,2,5-7,10-12,18,20H2,(H,31,34). The highest BCUT2D eigenvalue weighted by molar-refractivity contribution is 7.13. The molecule has 2 fully saturated rings. The van der Waals surface area contributed by atoms with E-state index in [4.69, 9.17) is 4.74 Å². The largest absolute Gasteiger partial charge is 0.445 e. The molecular weight excluding hydrogens is 500 g/mol. The predicted molar refractivity (Wildman–Crippen MR) is 146 cm³/mol. The summed E-state index contributed by atoms with van der Waals surface area (Å²) in [4.78, 5) is 47.0. The van der Waals surface area contributed by atoms with Crippen molar-refractivity contribution < 1.29 is 19.1 Å². The van der Waals surface area contributed by atoms with E-state index in [1.165, 1.54) is 22.7 Å². The number of nitrogens with one attached hydrogen (secondary N) is 1. The zero-order chi connectivity index (χ0) is 26.3. The van der Waals surface area contributed by atoms with E-state index in [0.29, 0.717) is 35.8 Å². The Bertz CT molecular complexity index is 1230. The zero-order valence-corrected chi connectivity index (χ0v) is 22.1. The van der Waals surface area contributed by atoms with Crippen molar-refractivity contribution in [2.45, 2.75) is 63.6 Å². The number of benzene rings is 2. The maximum atomic E-state index is 13.9. The van der Waals surface area contributed by atoms with Crippen LogP contribution >= 0.6 is 11.3 Å². The van der Waals surface area contributed by atoms with Crippen molar-refractivity contribution in [3.05, 3.63) is 77.3 Å². The molecule has 5 rings (SSSR count). The third-order valence-electron chi connectivity index (χ3n) is 7.14. The van der Waals surface area contributed by atoms with Gasteiger partial charge in [0, 0.05) is 29.7 Å². The number of anilines is 2. The summed E-state index contributed by atoms with van der Waals surface area (Å²) in [7, 11) is 0. The summed E-state index contributed by atoms with van der Waals surface area (Å²) >= 11 is 1.34. The van der Waals surface area contributed by atoms with E-state index < -0.39 is 12.1 Å². The molecule has 38 heavy (non-hydrogen) atoms. The predicted octanol–water partition coefficient (Wildman–Crippen LogP) is 5.67. The second-order valence-corrected chi connectivity index (χ2v) is 10.6. The quantitative estimate of drug-likeness (QED) is 0.423. The fourth-order valence-corrected chi connectivity index (χ4v) is 5.79. The molecule has 0 spiro atoms. The molecule has 198 valence electrons. The number of hydrogen-bond acceptors (Lipinski definition) is 6. The van der Waals surface area contributed by atoms with E-state index in [0.717, 1.165) is 31.2 Å². The van der Waals surface area contributed by atoms with Gasteiger partial charge in [0.25, 0.3) is 11.8 Å². The Labute approximate surface area is 226 Å². The van der Waals surface area contributed by atoms with Crippen LogP contribution < -0.4 is 10.2 Å². The van der Waals surface area contributed by atoms with Gasteiger partial charge in [0.1, 0.15) is 12.6 Å². The number of thiazole rings is 1. The molecule has 2 aliphatic rings. The molecule has 1 N–H and O–H groups in total. The fourth-order valence-electron chi connectivity index (χ4n) is 5.13. The van der Waals surface area contributed by atoms with Gasteiger partial charge >= 0.3 is 6.09 Å². The summed E-state index contributed by atoms with van der Waals surface area (Å²) in [6.45, 7) is 0.605. The van der Waals surface area contributed by atoms with Crippen LogP contribution in [0.5, 0.6) is 0 Å². The van der Waals surface area contributed by atoms with Crippen LogP contribution in [0.4, 0.5) is 15.6 Å². The van der Waals surface area contributed by atoms with E-state index in [1.807, 2.05) is 35.7 Å². The Kier molecular flexibility index (Phi) is 8.33. The average molecular weight is 533 g/mol. The van der Waals surface area contributed by atoms with Gasteiger partial charge in [0.05, 0.1) is 5.69 Å². The number of aromatic nitrogens is 1. The molecule has 9 heteroatoms. The number of carbonyl (C=O) groups is 3. The highest BCUT2D eigenvalue weighted by atomic mass is 32.1. The van der Waals surface area contributed by atoms with Gasteiger partial charge in [-0.25, -0.2) is 9.78 Å². The van der Waals surface area contributed by atoms with Crippen LogP contribution in [0.1, 0.15) is 60.9 Å². The van der Waals surface area contributed by atoms with Crippen LogP contribution in [0.3, 0.4) is 0 Å². The number of nitrogens with zero attached hydrogens (tertiary/aromatic N) is 3. The van der Waals surface area contributed by atoms with E-state index in [-0.39, 0.29) is 24.5 Å². The van der Waals surface area contributed by atoms with Crippen molar-refractivity contribution in [1.82, 2.24) is 15.2 Å². The van der Waals surface area contributed by atoms with Crippen LogP contribution in [-0.2, 0) is 16.1 Å². The first-order valence-corrected chi connectivity index (χ1v) is 14.1. The van der Waals surface area contributed by atoms with Crippen LogP contribution in [0.25, 0.3) is 0 Å². The van der Waals surface area contributed by atoms with E-state index >= 15 is 0 Å². The van der Waals surface area contributed by atoms with Gasteiger partial charge < -0.3 is 10.1 Å². The first-order chi connectivity index (χ1) is 18.6. The number of likely N-dealkylation sites (tertiary alicyclic amines) is 1. The lowest BCUT2D eigenvalue weighted by molar-refractivity contribution is -0.121. The first kappa shape index (κ1) is 25.9. The minimum Gasteiger partial charge on any atom is -0.445 e. The highest BCUT2D eigenvalue weighted by Crippen LogP contribution is 2.32. The first-order valence-electron chi connectivity index (χ1n) is 13.2. The maximum absolute atomic E-state index is 13.9. The van der Waals surface area contributed by atoms with Crippen molar-refractivity contribution in [1.29, 1.82) is 0 Å². The van der Waals surface area contributed by atoms with Gasteiger partial charge in [-0.2, -0.15) is 0 Å². The summed E-state index contributed by atoms with van der Waals surface area (Å²) < 4.78 is 5.53. The Morgan fingerprint density at radius 2 is 1.74 bits per heavy atom. The van der Waals surface area contributed by atoms with Crippen molar-refractivity contribution in [3.8, 4) is 0 Å². The Hall–Kier alpha value is -3.72. The van der Waals surface area contributed by atoms with E-state index in [9.17, 15) is 14.4 Å². The molecule has 1 saturated carbocycles. The summed E-state index contributed by atoms with van der Waals surface area (Å²) in [5.74, 6) is -0.341. The summed E-state index contributed by atoms with van der Waals surface area (Å²) in [6, 6.07) is 16.0. The van der Waals surface area contributed by atoms with Gasteiger partial charge in [-0.05, 0) is 55.5 Å². The van der Waals surface area contributed by atoms with E-state index in [2.05, 4.69) is 10.3 Å². The molecule has 1 aliphatic carbocycles. The lowest BCUT2D eigenvalue weighted by Crippen LogP contribution is -2.46. The second-order valence-electron chi connectivity index (χ2n) is 9.74. The third-order valence-corrected chi connectivity index (χ3v) is 7.89. The molecule has 1 unspecified atom stereocenters. The number of carbonyl (C=O) groups excluding carboxylic acids is 3. The zero-order valence-electron chi connectivity index (χ0n) is 21.3. The summed E-state index contributed by atoms with van der Waals surface area (Å²) in [6.07, 6.45) is 7.95. The number of hydrogen-bond donors (Lipinski definition) is 1. The maximum Gasteiger partial charge on any atom is 0.410 e. The number of rotatable bonds is 7. The molecule has 2 heterocycles. The highest BCUT2D eigenvalue weighted by Gasteiger charge is 2.39. The number of ether oxygens (including phenoxy) is 1. The van der Waals surface area contributed by atoms with Crippen molar-refractivity contribution >= 4 is 40.1 Å². The minimum atomic E-state index is -0.656. The Morgan fingerprint density at radius 3 is 2.45 bits per heavy atom. The molecular formula is C29H32N4O4S. The topological polar surface area (TPSA) is 91.8 Å². The molecule has 3 amide bonds. The molecule has 8 nitrogen and oxygen atoms in total. The van der Waals surface area contributed by atoms with Crippen LogP contribution in [0.2, 0.25) is 0 Å². The SMILES string of the molecule is O=C(NC1CCCCC1)c1ccc(N(C(=O)C2CCCN2C(=O)OCc2ccccc2)c2nccs2)cc1. The molecule has 2 aromatic carbocycles. The summed E-state index contributed by atoms with van der Waals surface area (Å²) in [5, 5.41) is 5.45. The molecule has 1 aromatic heterocycles. The lowest BCUT2D eigenvalue weighted by atomic mass is 9.95. The number of amides is 3. The molecule has 3 aromatic rings. The Balaban J connectivity index is 1.30. The second kappa shape index (κ2) is 12.2. The van der Waals surface area contributed by atoms with Crippen LogP contribution in [0.15, 0.2) is 66.2 Å². The van der Waals surface area contributed by atoms with Crippen LogP contribution in [0, 0.1) is 0 Å². The fraction of sp³-hybridized carbons (Fsp3) is 0.379. The normalized spacial score (nSPS) is 17.7.